The first-order valence-corrected chi connectivity index (χ1v) is 8.48. The Bertz CT molecular complexity index is 780. The van der Waals surface area contributed by atoms with Gasteiger partial charge in [-0.1, -0.05) is 18.2 Å². The van der Waals surface area contributed by atoms with Crippen molar-refractivity contribution in [1.29, 1.82) is 0 Å². The van der Waals surface area contributed by atoms with E-state index in [-0.39, 0.29) is 0 Å². The van der Waals surface area contributed by atoms with Gasteiger partial charge in [-0.25, -0.2) is 4.98 Å². The summed E-state index contributed by atoms with van der Waals surface area (Å²) in [5.74, 6) is 1.51. The van der Waals surface area contributed by atoms with E-state index in [1.54, 1.807) is 0 Å². The molecule has 124 valence electrons. The summed E-state index contributed by atoms with van der Waals surface area (Å²) in [6, 6.07) is 12.8. The topological polar surface area (TPSA) is 48.1 Å². The Balaban J connectivity index is 1.55. The largest absolute Gasteiger partial charge is 0.345 e. The van der Waals surface area contributed by atoms with E-state index in [0.29, 0.717) is 12.0 Å². The van der Waals surface area contributed by atoms with Crippen molar-refractivity contribution in [1.82, 2.24) is 19.9 Å². The summed E-state index contributed by atoms with van der Waals surface area (Å²) in [5, 5.41) is 0. The molecule has 24 heavy (non-hydrogen) atoms. The molecule has 1 aliphatic rings. The standard InChI is InChI=1S/C19H23N5/c1-23-11-9-15(18(23)14-6-5-10-20-12-14)13-24(2)19-21-16-7-3-4-8-17(16)22-19/h3-8,10,12,15,18H,9,11,13H2,1-2H3,(H,21,22)/t15-,18-/m0/s1. The number of nitrogens with one attached hydrogen (secondary N) is 1. The van der Waals surface area contributed by atoms with Crippen molar-refractivity contribution in [3.63, 3.8) is 0 Å². The molecule has 1 saturated heterocycles. The summed E-state index contributed by atoms with van der Waals surface area (Å²) in [6.07, 6.45) is 5.04. The first kappa shape index (κ1) is 15.1. The van der Waals surface area contributed by atoms with Gasteiger partial charge in [0.1, 0.15) is 0 Å². The van der Waals surface area contributed by atoms with E-state index in [0.717, 1.165) is 30.1 Å². The molecule has 1 fully saturated rings. The Morgan fingerprint density at radius 2 is 2.12 bits per heavy atom. The molecule has 2 atom stereocenters. The van der Waals surface area contributed by atoms with E-state index in [4.69, 9.17) is 4.98 Å². The van der Waals surface area contributed by atoms with E-state index in [1.807, 2.05) is 36.7 Å². The number of anilines is 1. The predicted octanol–water partition coefficient (Wildman–Crippen LogP) is 3.09. The zero-order valence-corrected chi connectivity index (χ0v) is 14.2. The molecule has 0 saturated carbocycles. The minimum Gasteiger partial charge on any atom is -0.345 e. The first-order chi connectivity index (χ1) is 11.7. The van der Waals surface area contributed by atoms with Crippen molar-refractivity contribution in [3.05, 3.63) is 54.4 Å². The maximum Gasteiger partial charge on any atom is 0.203 e. The van der Waals surface area contributed by atoms with Crippen LogP contribution in [-0.2, 0) is 0 Å². The highest BCUT2D eigenvalue weighted by Crippen LogP contribution is 2.36. The van der Waals surface area contributed by atoms with E-state index in [2.05, 4.69) is 46.0 Å². The maximum absolute atomic E-state index is 4.72. The highest BCUT2D eigenvalue weighted by atomic mass is 15.3. The number of hydrogen-bond donors (Lipinski definition) is 1. The number of pyridine rings is 1. The smallest absolute Gasteiger partial charge is 0.203 e. The Labute approximate surface area is 142 Å². The van der Waals surface area contributed by atoms with Gasteiger partial charge in [0.15, 0.2) is 0 Å². The van der Waals surface area contributed by atoms with Crippen molar-refractivity contribution in [2.45, 2.75) is 12.5 Å². The number of benzene rings is 1. The Morgan fingerprint density at radius 3 is 2.92 bits per heavy atom. The van der Waals surface area contributed by atoms with Crippen molar-refractivity contribution in [2.75, 3.05) is 32.1 Å². The molecule has 1 aromatic carbocycles. The average molecular weight is 321 g/mol. The quantitative estimate of drug-likeness (QED) is 0.802. The monoisotopic (exact) mass is 321 g/mol. The van der Waals surface area contributed by atoms with Gasteiger partial charge in [0.2, 0.25) is 5.95 Å². The number of nitrogens with zero attached hydrogens (tertiary/aromatic N) is 4. The zero-order valence-electron chi connectivity index (χ0n) is 14.2. The molecule has 0 amide bonds. The molecule has 5 heteroatoms. The molecule has 3 aromatic rings. The van der Waals surface area contributed by atoms with Crippen molar-refractivity contribution in [2.24, 2.45) is 5.92 Å². The molecule has 0 spiro atoms. The molecule has 1 N–H and O–H groups in total. The van der Waals surface area contributed by atoms with Crippen LogP contribution in [0.5, 0.6) is 0 Å². The summed E-state index contributed by atoms with van der Waals surface area (Å²) in [6.45, 7) is 2.10. The minimum absolute atomic E-state index is 0.422. The van der Waals surface area contributed by atoms with Crippen LogP contribution in [0.25, 0.3) is 11.0 Å². The van der Waals surface area contributed by atoms with E-state index in [1.165, 1.54) is 12.0 Å². The van der Waals surface area contributed by atoms with Gasteiger partial charge in [0.25, 0.3) is 0 Å². The second-order valence-electron chi connectivity index (χ2n) is 6.72. The highest BCUT2D eigenvalue weighted by Gasteiger charge is 2.34. The summed E-state index contributed by atoms with van der Waals surface area (Å²) in [7, 11) is 4.33. The molecule has 1 aliphatic heterocycles. The summed E-state index contributed by atoms with van der Waals surface area (Å²) in [5.41, 5.74) is 3.42. The van der Waals surface area contributed by atoms with Crippen LogP contribution in [0.15, 0.2) is 48.8 Å². The summed E-state index contributed by atoms with van der Waals surface area (Å²) < 4.78 is 0. The predicted molar refractivity (Wildman–Crippen MR) is 97.1 cm³/mol. The van der Waals surface area contributed by atoms with Crippen LogP contribution in [0.2, 0.25) is 0 Å². The fourth-order valence-electron chi connectivity index (χ4n) is 3.85. The Kier molecular flexibility index (Phi) is 3.94. The lowest BCUT2D eigenvalue weighted by molar-refractivity contribution is 0.277. The number of para-hydroxylation sites is 2. The van der Waals surface area contributed by atoms with Gasteiger partial charge in [0.05, 0.1) is 11.0 Å². The van der Waals surface area contributed by atoms with E-state index in [9.17, 15) is 0 Å². The second-order valence-corrected chi connectivity index (χ2v) is 6.72. The van der Waals surface area contributed by atoms with Crippen molar-refractivity contribution >= 4 is 17.0 Å². The number of imidazole rings is 1. The SMILES string of the molecule is CN(C[C@@H]1CCN(C)[C@H]1c1cccnc1)c1nc2ccccc2[nH]1. The third-order valence-electron chi connectivity index (χ3n) is 5.05. The van der Waals surface area contributed by atoms with Crippen molar-refractivity contribution in [3.8, 4) is 0 Å². The summed E-state index contributed by atoms with van der Waals surface area (Å²) in [4.78, 5) is 17.1. The van der Waals surface area contributed by atoms with Crippen LogP contribution in [0.1, 0.15) is 18.0 Å². The lowest BCUT2D eigenvalue weighted by Crippen LogP contribution is -2.30. The molecule has 0 bridgehead atoms. The van der Waals surface area contributed by atoms with Crippen LogP contribution < -0.4 is 4.90 Å². The Hall–Kier alpha value is -2.40. The normalized spacial score (nSPS) is 21.4. The van der Waals surface area contributed by atoms with Gasteiger partial charge in [0, 0.05) is 32.0 Å². The molecule has 5 nitrogen and oxygen atoms in total. The molecule has 0 radical (unpaired) electrons. The summed E-state index contributed by atoms with van der Waals surface area (Å²) >= 11 is 0. The lowest BCUT2D eigenvalue weighted by Gasteiger charge is -2.28. The number of fused-ring (bicyclic) bond motifs is 1. The van der Waals surface area contributed by atoms with Gasteiger partial charge in [-0.05, 0) is 49.7 Å². The molecular weight excluding hydrogens is 298 g/mol. The molecule has 0 aliphatic carbocycles. The van der Waals surface area contributed by atoms with Crippen molar-refractivity contribution < 1.29 is 0 Å². The second kappa shape index (κ2) is 6.24. The number of hydrogen-bond acceptors (Lipinski definition) is 4. The molecular formula is C19H23N5. The first-order valence-electron chi connectivity index (χ1n) is 8.48. The number of aromatic amines is 1. The third-order valence-corrected chi connectivity index (χ3v) is 5.05. The van der Waals surface area contributed by atoms with Gasteiger partial charge in [-0.2, -0.15) is 0 Å². The van der Waals surface area contributed by atoms with Gasteiger partial charge < -0.3 is 9.88 Å². The van der Waals surface area contributed by atoms with Crippen LogP contribution in [0.4, 0.5) is 5.95 Å². The fourth-order valence-corrected chi connectivity index (χ4v) is 3.85. The zero-order chi connectivity index (χ0) is 16.5. The van der Waals surface area contributed by atoms with E-state index >= 15 is 0 Å². The molecule has 4 rings (SSSR count). The molecule has 3 heterocycles. The lowest BCUT2D eigenvalue weighted by atomic mass is 9.94. The van der Waals surface area contributed by atoms with Crippen LogP contribution in [0.3, 0.4) is 0 Å². The van der Waals surface area contributed by atoms with Gasteiger partial charge >= 0.3 is 0 Å². The molecule has 0 unspecified atom stereocenters. The fraction of sp³-hybridized carbons (Fsp3) is 0.368. The van der Waals surface area contributed by atoms with Gasteiger partial charge in [-0.15, -0.1) is 0 Å². The maximum atomic E-state index is 4.72. The number of H-pyrrole nitrogens is 1. The van der Waals surface area contributed by atoms with E-state index < -0.39 is 0 Å². The molecule has 2 aromatic heterocycles. The average Bonchev–Trinajstić information content (AvgIpc) is 3.19. The van der Waals surface area contributed by atoms with Crippen LogP contribution >= 0.6 is 0 Å². The number of likely N-dealkylation sites (tertiary alicyclic amines) is 1. The van der Waals surface area contributed by atoms with Crippen LogP contribution in [0, 0.1) is 5.92 Å². The third kappa shape index (κ3) is 2.76. The van der Waals surface area contributed by atoms with Crippen LogP contribution in [-0.4, -0.2) is 47.0 Å². The highest BCUT2D eigenvalue weighted by molar-refractivity contribution is 5.77. The van der Waals surface area contributed by atoms with Gasteiger partial charge in [-0.3, -0.25) is 9.88 Å². The Morgan fingerprint density at radius 1 is 1.25 bits per heavy atom. The minimum atomic E-state index is 0.422. The number of aromatic nitrogens is 3. The number of rotatable bonds is 4.